The fourth-order valence-electron chi connectivity index (χ4n) is 1.46. The Morgan fingerprint density at radius 2 is 2.12 bits per heavy atom. The Morgan fingerprint density at radius 3 is 2.71 bits per heavy atom. The van der Waals surface area contributed by atoms with Crippen LogP contribution in [0.15, 0.2) is 18.2 Å². The molecule has 0 saturated carbocycles. The van der Waals surface area contributed by atoms with Gasteiger partial charge in [0, 0.05) is 22.8 Å². The molecule has 88 valence electrons. The van der Waals surface area contributed by atoms with Crippen LogP contribution < -0.4 is 11.1 Å². The van der Waals surface area contributed by atoms with E-state index in [1.807, 2.05) is 13.0 Å². The minimum atomic E-state index is -0.225. The summed E-state index contributed by atoms with van der Waals surface area (Å²) < 4.78 is 3.99. The van der Waals surface area contributed by atoms with Gasteiger partial charge >= 0.3 is 0 Å². The Kier molecular flexibility index (Phi) is 3.06. The molecule has 0 fully saturated rings. The number of nitrogens with one attached hydrogen (secondary N) is 1. The molecular formula is C11H12N4OS. The second-order valence-electron chi connectivity index (χ2n) is 3.73. The van der Waals surface area contributed by atoms with E-state index >= 15 is 0 Å². The summed E-state index contributed by atoms with van der Waals surface area (Å²) in [5.41, 5.74) is 7.73. The highest BCUT2D eigenvalue weighted by Crippen LogP contribution is 2.15. The molecular weight excluding hydrogens is 236 g/mol. The molecule has 1 aromatic heterocycles. The first-order valence-corrected chi connectivity index (χ1v) is 5.81. The second kappa shape index (κ2) is 4.50. The number of rotatable bonds is 2. The van der Waals surface area contributed by atoms with Crippen molar-refractivity contribution in [2.75, 3.05) is 11.1 Å². The van der Waals surface area contributed by atoms with Crippen LogP contribution in [0.3, 0.4) is 0 Å². The van der Waals surface area contributed by atoms with Crippen LogP contribution in [0.4, 0.5) is 10.8 Å². The Bertz CT molecular complexity index is 544. The highest BCUT2D eigenvalue weighted by Gasteiger charge is 2.09. The fraction of sp³-hybridized carbons (Fsp3) is 0.182. The van der Waals surface area contributed by atoms with E-state index in [0.717, 1.165) is 17.1 Å². The van der Waals surface area contributed by atoms with Crippen LogP contribution in [0.2, 0.25) is 0 Å². The number of carbonyl (C=O) groups excluding carboxylic acids is 1. The third-order valence-electron chi connectivity index (χ3n) is 2.11. The van der Waals surface area contributed by atoms with E-state index in [4.69, 9.17) is 5.73 Å². The van der Waals surface area contributed by atoms with Crippen LogP contribution in [-0.2, 0) is 0 Å². The van der Waals surface area contributed by atoms with Gasteiger partial charge in [-0.15, -0.1) is 0 Å². The maximum absolute atomic E-state index is 11.9. The minimum Gasteiger partial charge on any atom is -0.399 e. The first-order chi connectivity index (χ1) is 8.04. The number of nitrogens with zero attached hydrogens (tertiary/aromatic N) is 2. The number of amides is 1. The van der Waals surface area contributed by atoms with Gasteiger partial charge in [0.05, 0.1) is 0 Å². The van der Waals surface area contributed by atoms with Crippen molar-refractivity contribution in [3.8, 4) is 0 Å². The predicted octanol–water partition coefficient (Wildman–Crippen LogP) is 1.99. The predicted molar refractivity (Wildman–Crippen MR) is 68.2 cm³/mol. The Labute approximate surface area is 103 Å². The van der Waals surface area contributed by atoms with E-state index in [0.29, 0.717) is 22.2 Å². The number of carbonyl (C=O) groups is 1. The summed E-state index contributed by atoms with van der Waals surface area (Å²) in [6.07, 6.45) is 0. The van der Waals surface area contributed by atoms with Gasteiger partial charge in [-0.05, 0) is 37.6 Å². The Hall–Kier alpha value is -1.95. The first kappa shape index (κ1) is 11.5. The quantitative estimate of drug-likeness (QED) is 0.796. The van der Waals surface area contributed by atoms with E-state index in [9.17, 15) is 4.79 Å². The van der Waals surface area contributed by atoms with Crippen molar-refractivity contribution in [3.63, 3.8) is 0 Å². The average molecular weight is 248 g/mol. The van der Waals surface area contributed by atoms with Gasteiger partial charge in [0.25, 0.3) is 5.91 Å². The van der Waals surface area contributed by atoms with E-state index in [-0.39, 0.29) is 5.91 Å². The van der Waals surface area contributed by atoms with Crippen LogP contribution >= 0.6 is 11.5 Å². The molecule has 1 heterocycles. The molecule has 6 heteroatoms. The number of aryl methyl sites for hydroxylation is 2. The number of nitrogen functional groups attached to an aromatic ring is 1. The lowest BCUT2D eigenvalue weighted by atomic mass is 10.1. The molecule has 1 aromatic carbocycles. The highest BCUT2D eigenvalue weighted by molar-refractivity contribution is 7.09. The van der Waals surface area contributed by atoms with E-state index in [2.05, 4.69) is 14.7 Å². The molecule has 0 aliphatic heterocycles. The molecule has 0 radical (unpaired) electrons. The van der Waals surface area contributed by atoms with Crippen LogP contribution in [0, 0.1) is 13.8 Å². The third-order valence-corrected chi connectivity index (χ3v) is 2.83. The zero-order valence-corrected chi connectivity index (χ0v) is 10.3. The topological polar surface area (TPSA) is 80.9 Å². The number of hydrogen-bond acceptors (Lipinski definition) is 5. The molecule has 2 aromatic rings. The molecule has 1 amide bonds. The molecule has 0 unspecified atom stereocenters. The Morgan fingerprint density at radius 1 is 1.35 bits per heavy atom. The molecule has 17 heavy (non-hydrogen) atoms. The minimum absolute atomic E-state index is 0.225. The molecule has 0 saturated heterocycles. The normalized spacial score (nSPS) is 10.2. The number of nitrogens with two attached hydrogens (primary N) is 1. The highest BCUT2D eigenvalue weighted by atomic mass is 32.1. The fourth-order valence-corrected chi connectivity index (χ4v) is 2.03. The lowest BCUT2D eigenvalue weighted by Crippen LogP contribution is -2.12. The number of anilines is 2. The summed E-state index contributed by atoms with van der Waals surface area (Å²) in [5, 5.41) is 3.18. The van der Waals surface area contributed by atoms with Crippen LogP contribution in [0.25, 0.3) is 0 Å². The van der Waals surface area contributed by atoms with Crippen molar-refractivity contribution in [1.29, 1.82) is 0 Å². The van der Waals surface area contributed by atoms with Gasteiger partial charge in [-0.2, -0.15) is 4.37 Å². The van der Waals surface area contributed by atoms with Gasteiger partial charge in [-0.25, -0.2) is 4.98 Å². The molecule has 3 N–H and O–H groups in total. The van der Waals surface area contributed by atoms with Gasteiger partial charge in [0.15, 0.2) is 0 Å². The second-order valence-corrected chi connectivity index (χ2v) is 4.49. The SMILES string of the molecule is Cc1cc(N)cc(C(=O)Nc2nc(C)ns2)c1. The molecule has 5 nitrogen and oxygen atoms in total. The molecule has 0 atom stereocenters. The van der Waals surface area contributed by atoms with E-state index < -0.39 is 0 Å². The van der Waals surface area contributed by atoms with Gasteiger partial charge in [-0.3, -0.25) is 10.1 Å². The van der Waals surface area contributed by atoms with Gasteiger partial charge < -0.3 is 5.73 Å². The van der Waals surface area contributed by atoms with Crippen molar-refractivity contribution in [1.82, 2.24) is 9.36 Å². The van der Waals surface area contributed by atoms with Crippen LogP contribution in [0.1, 0.15) is 21.7 Å². The van der Waals surface area contributed by atoms with Crippen LogP contribution in [-0.4, -0.2) is 15.3 Å². The van der Waals surface area contributed by atoms with Crippen molar-refractivity contribution < 1.29 is 4.79 Å². The summed E-state index contributed by atoms with van der Waals surface area (Å²) in [7, 11) is 0. The molecule has 0 spiro atoms. The standard InChI is InChI=1S/C11H12N4OS/c1-6-3-8(5-9(12)4-6)10(16)14-11-13-7(2)15-17-11/h3-5H,12H2,1-2H3,(H,13,14,15,16). The molecule has 0 bridgehead atoms. The monoisotopic (exact) mass is 248 g/mol. The van der Waals surface area contributed by atoms with Crippen molar-refractivity contribution in [2.24, 2.45) is 0 Å². The summed E-state index contributed by atoms with van der Waals surface area (Å²) in [4.78, 5) is 16.0. The molecule has 2 rings (SSSR count). The number of benzene rings is 1. The maximum atomic E-state index is 11.9. The van der Waals surface area contributed by atoms with Gasteiger partial charge in [-0.1, -0.05) is 0 Å². The number of aromatic nitrogens is 2. The summed E-state index contributed by atoms with van der Waals surface area (Å²) in [6.45, 7) is 3.67. The van der Waals surface area contributed by atoms with Gasteiger partial charge in [0.1, 0.15) is 5.82 Å². The summed E-state index contributed by atoms with van der Waals surface area (Å²) >= 11 is 1.16. The van der Waals surface area contributed by atoms with E-state index in [1.165, 1.54) is 0 Å². The van der Waals surface area contributed by atoms with Crippen molar-refractivity contribution in [3.05, 3.63) is 35.2 Å². The lowest BCUT2D eigenvalue weighted by molar-refractivity contribution is 0.102. The average Bonchev–Trinajstić information content (AvgIpc) is 2.62. The van der Waals surface area contributed by atoms with Crippen molar-refractivity contribution >= 4 is 28.3 Å². The molecule has 0 aliphatic carbocycles. The maximum Gasteiger partial charge on any atom is 0.257 e. The number of hydrogen-bond donors (Lipinski definition) is 2. The third kappa shape index (κ3) is 2.79. The van der Waals surface area contributed by atoms with Crippen molar-refractivity contribution in [2.45, 2.75) is 13.8 Å². The smallest absolute Gasteiger partial charge is 0.257 e. The summed E-state index contributed by atoms with van der Waals surface area (Å²) in [5.74, 6) is 0.422. The van der Waals surface area contributed by atoms with Gasteiger partial charge in [0.2, 0.25) is 5.13 Å². The Balaban J connectivity index is 2.19. The summed E-state index contributed by atoms with van der Waals surface area (Å²) in [6, 6.07) is 5.22. The largest absolute Gasteiger partial charge is 0.399 e. The van der Waals surface area contributed by atoms with Crippen LogP contribution in [0.5, 0.6) is 0 Å². The zero-order chi connectivity index (χ0) is 12.4. The lowest BCUT2D eigenvalue weighted by Gasteiger charge is -2.04. The first-order valence-electron chi connectivity index (χ1n) is 5.03. The zero-order valence-electron chi connectivity index (χ0n) is 9.52. The molecule has 0 aliphatic rings. The van der Waals surface area contributed by atoms with E-state index in [1.54, 1.807) is 19.1 Å².